The van der Waals surface area contributed by atoms with Gasteiger partial charge in [0, 0.05) is 48.6 Å². The zero-order chi connectivity index (χ0) is 27.1. The van der Waals surface area contributed by atoms with Gasteiger partial charge >= 0.3 is 0 Å². The maximum absolute atomic E-state index is 14.6. The highest BCUT2D eigenvalue weighted by molar-refractivity contribution is 6.31. The summed E-state index contributed by atoms with van der Waals surface area (Å²) in [6.07, 6.45) is 3.48. The summed E-state index contributed by atoms with van der Waals surface area (Å²) in [7, 11) is 0. The van der Waals surface area contributed by atoms with Crippen molar-refractivity contribution in [1.29, 1.82) is 0 Å². The normalized spacial score (nSPS) is 14.5. The maximum atomic E-state index is 14.6. The maximum Gasteiger partial charge on any atom is 0.251 e. The van der Waals surface area contributed by atoms with E-state index in [0.717, 1.165) is 47.4 Å². The fourth-order valence-electron chi connectivity index (χ4n) is 5.61. The Morgan fingerprint density at radius 3 is 2.46 bits per heavy atom. The summed E-state index contributed by atoms with van der Waals surface area (Å²) in [6.45, 7) is 3.30. The lowest BCUT2D eigenvalue weighted by Crippen LogP contribution is -2.35. The number of nitrogens with zero attached hydrogens (tertiary/aromatic N) is 2. The summed E-state index contributed by atoms with van der Waals surface area (Å²) in [4.78, 5) is 19.5. The molecular weight excluding hydrogens is 518 g/mol. The summed E-state index contributed by atoms with van der Waals surface area (Å²) in [5.74, 6) is -0.597. The molecule has 4 aromatic rings. The summed E-state index contributed by atoms with van der Waals surface area (Å²) in [5.41, 5.74) is 6.87. The molecule has 1 aliphatic heterocycles. The first kappa shape index (κ1) is 25.3. The Morgan fingerprint density at radius 2 is 1.74 bits per heavy atom. The van der Waals surface area contributed by atoms with Gasteiger partial charge in [0.2, 0.25) is 0 Å². The molecule has 0 atom stereocenters. The van der Waals surface area contributed by atoms with Crippen LogP contribution >= 0.6 is 11.6 Å². The van der Waals surface area contributed by atoms with Crippen LogP contribution in [0.15, 0.2) is 66.9 Å². The van der Waals surface area contributed by atoms with Crippen molar-refractivity contribution in [3.63, 3.8) is 0 Å². The Morgan fingerprint density at radius 1 is 1.05 bits per heavy atom. The fourth-order valence-corrected chi connectivity index (χ4v) is 5.83. The van der Waals surface area contributed by atoms with Crippen LogP contribution < -0.4 is 15.5 Å². The number of benzene rings is 3. The van der Waals surface area contributed by atoms with Gasteiger partial charge in [-0.05, 0) is 66.3 Å². The van der Waals surface area contributed by atoms with Gasteiger partial charge in [-0.3, -0.25) is 4.79 Å². The van der Waals surface area contributed by atoms with Gasteiger partial charge in [-0.2, -0.15) is 0 Å². The third-order valence-electron chi connectivity index (χ3n) is 7.63. The van der Waals surface area contributed by atoms with Gasteiger partial charge in [0.25, 0.3) is 5.91 Å². The Bertz CT molecular complexity index is 1550. The third-order valence-corrected chi connectivity index (χ3v) is 8.04. The molecule has 1 amide bonds. The first-order valence-electron chi connectivity index (χ1n) is 13.0. The molecule has 0 saturated carbocycles. The van der Waals surface area contributed by atoms with Crippen molar-refractivity contribution in [2.75, 3.05) is 23.3 Å². The van der Waals surface area contributed by atoms with E-state index in [9.17, 15) is 13.6 Å². The topological polar surface area (TPSA) is 57.3 Å². The number of halogens is 3. The number of rotatable bonds is 5. The Balaban J connectivity index is 1.23. The highest BCUT2D eigenvalue weighted by Gasteiger charge is 2.26. The largest absolute Gasteiger partial charge is 0.367 e. The Hall–Kier alpha value is -3.97. The van der Waals surface area contributed by atoms with Gasteiger partial charge < -0.3 is 15.5 Å². The fraction of sp³-hybridized carbons (Fsp3) is 0.226. The number of aromatic nitrogens is 1. The Labute approximate surface area is 230 Å². The highest BCUT2D eigenvalue weighted by Crippen LogP contribution is 2.38. The lowest BCUT2D eigenvalue weighted by atomic mass is 9.98. The van der Waals surface area contributed by atoms with Gasteiger partial charge in [-0.1, -0.05) is 48.0 Å². The van der Waals surface area contributed by atoms with Crippen LogP contribution in [-0.4, -0.2) is 30.0 Å². The van der Waals surface area contributed by atoms with Crippen molar-refractivity contribution < 1.29 is 13.6 Å². The molecule has 5 nitrogen and oxygen atoms in total. The minimum absolute atomic E-state index is 0.0935. The molecule has 0 fully saturated rings. The number of fused-ring (bicyclic) bond motifs is 2. The molecule has 2 aliphatic rings. The van der Waals surface area contributed by atoms with E-state index >= 15 is 0 Å². The van der Waals surface area contributed by atoms with Crippen LogP contribution in [0.1, 0.15) is 32.6 Å². The second kappa shape index (κ2) is 10.3. The van der Waals surface area contributed by atoms with E-state index in [4.69, 9.17) is 11.6 Å². The first-order chi connectivity index (χ1) is 18.9. The molecule has 8 heteroatoms. The number of nitrogens with one attached hydrogen (secondary N) is 2. The van der Waals surface area contributed by atoms with E-state index in [1.807, 2.05) is 48.2 Å². The molecule has 0 radical (unpaired) electrons. The van der Waals surface area contributed by atoms with Gasteiger partial charge in [0.15, 0.2) is 0 Å². The SMILES string of the molecule is Cc1c(-c2ccc(C(=O)NC3Cc4ccccc4C3)cc2)cnc2c1N(Cc1c(F)ccc(F)c1Cl)CCN2. The molecule has 198 valence electrons. The molecule has 0 unspecified atom stereocenters. The van der Waals surface area contributed by atoms with Crippen LogP contribution in [0.4, 0.5) is 20.3 Å². The molecule has 2 N–H and O–H groups in total. The van der Waals surface area contributed by atoms with E-state index in [1.165, 1.54) is 11.1 Å². The quantitative estimate of drug-likeness (QED) is 0.289. The van der Waals surface area contributed by atoms with Crippen molar-refractivity contribution in [1.82, 2.24) is 10.3 Å². The smallest absolute Gasteiger partial charge is 0.251 e. The number of hydrogen-bond donors (Lipinski definition) is 2. The van der Waals surface area contributed by atoms with Gasteiger partial charge in [-0.15, -0.1) is 0 Å². The second-order valence-corrected chi connectivity index (χ2v) is 10.5. The molecule has 39 heavy (non-hydrogen) atoms. The van der Waals surface area contributed by atoms with Crippen LogP contribution in [0.3, 0.4) is 0 Å². The minimum Gasteiger partial charge on any atom is -0.367 e. The summed E-state index contributed by atoms with van der Waals surface area (Å²) in [6, 6.07) is 18.0. The number of pyridine rings is 1. The van der Waals surface area contributed by atoms with Gasteiger partial charge in [-0.25, -0.2) is 13.8 Å². The number of carbonyl (C=O) groups excluding carboxylic acids is 1. The molecule has 0 spiro atoms. The van der Waals surface area contributed by atoms with Crippen LogP contribution in [-0.2, 0) is 19.4 Å². The van der Waals surface area contributed by atoms with E-state index in [0.29, 0.717) is 24.5 Å². The van der Waals surface area contributed by atoms with Crippen molar-refractivity contribution in [3.05, 3.63) is 111 Å². The predicted octanol–water partition coefficient (Wildman–Crippen LogP) is 6.32. The molecule has 1 aromatic heterocycles. The zero-order valence-corrected chi connectivity index (χ0v) is 22.2. The summed E-state index contributed by atoms with van der Waals surface area (Å²) >= 11 is 6.12. The van der Waals surface area contributed by atoms with Crippen LogP contribution in [0.5, 0.6) is 0 Å². The molecule has 3 aromatic carbocycles. The van der Waals surface area contributed by atoms with E-state index in [2.05, 4.69) is 27.8 Å². The van der Waals surface area contributed by atoms with Crippen LogP contribution in [0.25, 0.3) is 11.1 Å². The standard InChI is InChI=1S/C31H27ClF2N4O/c1-18-24(16-36-30-29(18)38(13-12-35-30)17-25-26(33)10-11-27(34)28(25)32)19-6-8-20(9-7-19)31(39)37-23-14-21-4-2-3-5-22(21)15-23/h2-11,16,23H,12-15,17H2,1H3,(H,35,36)(H,37,39). The third kappa shape index (κ3) is 4.83. The average molecular weight is 545 g/mol. The number of anilines is 2. The molecule has 6 rings (SSSR count). The number of amides is 1. The van der Waals surface area contributed by atoms with Crippen molar-refractivity contribution in [3.8, 4) is 11.1 Å². The lowest BCUT2D eigenvalue weighted by molar-refractivity contribution is 0.0938. The molecule has 1 aliphatic carbocycles. The van der Waals surface area contributed by atoms with Gasteiger partial charge in [0.05, 0.1) is 10.7 Å². The number of carbonyl (C=O) groups is 1. The van der Waals surface area contributed by atoms with Crippen molar-refractivity contribution >= 4 is 29.0 Å². The monoisotopic (exact) mass is 544 g/mol. The molecular formula is C31H27ClF2N4O. The van der Waals surface area contributed by atoms with E-state index in [-0.39, 0.29) is 29.1 Å². The first-order valence-corrected chi connectivity index (χ1v) is 13.4. The second-order valence-electron chi connectivity index (χ2n) is 10.1. The molecule has 2 heterocycles. The lowest BCUT2D eigenvalue weighted by Gasteiger charge is -2.34. The van der Waals surface area contributed by atoms with E-state index < -0.39 is 11.6 Å². The van der Waals surface area contributed by atoms with Crippen molar-refractivity contribution in [2.45, 2.75) is 32.4 Å². The average Bonchev–Trinajstić information content (AvgIpc) is 3.36. The number of hydrogen-bond acceptors (Lipinski definition) is 4. The molecule has 0 bridgehead atoms. The highest BCUT2D eigenvalue weighted by atomic mass is 35.5. The summed E-state index contributed by atoms with van der Waals surface area (Å²) in [5, 5.41) is 6.26. The van der Waals surface area contributed by atoms with E-state index in [1.54, 1.807) is 6.20 Å². The van der Waals surface area contributed by atoms with Crippen LogP contribution in [0.2, 0.25) is 5.02 Å². The Kier molecular flexibility index (Phi) is 6.69. The minimum atomic E-state index is -0.645. The molecule has 0 saturated heterocycles. The zero-order valence-electron chi connectivity index (χ0n) is 21.4. The predicted molar refractivity (Wildman–Crippen MR) is 150 cm³/mol. The van der Waals surface area contributed by atoms with Crippen LogP contribution in [0, 0.1) is 18.6 Å². The van der Waals surface area contributed by atoms with Gasteiger partial charge in [0.1, 0.15) is 17.5 Å². The summed E-state index contributed by atoms with van der Waals surface area (Å²) < 4.78 is 28.6. The van der Waals surface area contributed by atoms with Crippen molar-refractivity contribution in [2.24, 2.45) is 0 Å².